The molecule has 4 nitrogen and oxygen atoms in total. The largest absolute Gasteiger partial charge is 0.419 e. The van der Waals surface area contributed by atoms with Crippen LogP contribution in [0.25, 0.3) is 0 Å². The van der Waals surface area contributed by atoms with Crippen molar-refractivity contribution < 1.29 is 27.1 Å². The van der Waals surface area contributed by atoms with Gasteiger partial charge in [-0.1, -0.05) is 6.07 Å². The van der Waals surface area contributed by atoms with E-state index in [0.717, 1.165) is 12.1 Å². The van der Waals surface area contributed by atoms with Crippen LogP contribution in [0.1, 0.15) is 15.9 Å². The van der Waals surface area contributed by atoms with Crippen LogP contribution in [0.15, 0.2) is 18.2 Å². The molecule has 0 aliphatic carbocycles. The summed E-state index contributed by atoms with van der Waals surface area (Å²) in [6, 6.07) is 2.20. The van der Waals surface area contributed by atoms with Gasteiger partial charge < -0.3 is 15.4 Å². The molecule has 0 spiro atoms. The maximum absolute atomic E-state index is 13.8. The molecule has 116 valence electrons. The van der Waals surface area contributed by atoms with Crippen LogP contribution < -0.4 is 10.6 Å². The lowest BCUT2D eigenvalue weighted by Gasteiger charge is -2.19. The molecular weight excluding hydrogens is 292 g/mol. The fourth-order valence-electron chi connectivity index (χ4n) is 2.22. The Bertz CT molecular complexity index is 533. The third-order valence-electron chi connectivity index (χ3n) is 3.33. The topological polar surface area (TPSA) is 50.4 Å². The van der Waals surface area contributed by atoms with Gasteiger partial charge in [0.15, 0.2) is 0 Å². The van der Waals surface area contributed by atoms with Crippen molar-refractivity contribution in [2.75, 3.05) is 20.2 Å². The second-order valence-corrected chi connectivity index (χ2v) is 4.68. The number of amides is 1. The summed E-state index contributed by atoms with van der Waals surface area (Å²) < 4.78 is 56.8. The summed E-state index contributed by atoms with van der Waals surface area (Å²) in [6.45, 7) is 0.914. The van der Waals surface area contributed by atoms with E-state index in [1.165, 1.54) is 7.11 Å². The predicted molar refractivity (Wildman–Crippen MR) is 66.3 cm³/mol. The van der Waals surface area contributed by atoms with Crippen molar-refractivity contribution in [3.63, 3.8) is 0 Å². The number of ether oxygens (including phenoxy) is 1. The molecule has 8 heteroatoms. The van der Waals surface area contributed by atoms with Gasteiger partial charge in [-0.15, -0.1) is 0 Å². The lowest BCUT2D eigenvalue weighted by atomic mass is 10.1. The number of halogens is 4. The molecule has 21 heavy (non-hydrogen) atoms. The highest BCUT2D eigenvalue weighted by Crippen LogP contribution is 2.32. The summed E-state index contributed by atoms with van der Waals surface area (Å²) in [5.74, 6) is -2.46. The van der Waals surface area contributed by atoms with Gasteiger partial charge in [0.2, 0.25) is 0 Å². The third kappa shape index (κ3) is 3.33. The standard InChI is InChI=1S/C13H14F4N2O2/c1-21-10-6-18-5-9(10)19-12(20)7-3-2-4-8(11(7)14)13(15,16)17/h2-4,9-10,18H,5-6H2,1H3,(H,19,20)/t9-,10-/m1/s1. The van der Waals surface area contributed by atoms with Gasteiger partial charge in [-0.05, 0) is 12.1 Å². The molecule has 0 aromatic heterocycles. The van der Waals surface area contributed by atoms with Gasteiger partial charge in [0.05, 0.1) is 23.3 Å². The maximum atomic E-state index is 13.8. The molecule has 1 amide bonds. The molecule has 2 rings (SSSR count). The van der Waals surface area contributed by atoms with Crippen molar-refractivity contribution in [1.29, 1.82) is 0 Å². The van der Waals surface area contributed by atoms with Crippen LogP contribution in [0.5, 0.6) is 0 Å². The normalized spacial score (nSPS) is 22.3. The van der Waals surface area contributed by atoms with E-state index in [2.05, 4.69) is 10.6 Å². The highest BCUT2D eigenvalue weighted by atomic mass is 19.4. The predicted octanol–water partition coefficient (Wildman–Crippen LogP) is 1.56. The van der Waals surface area contributed by atoms with E-state index < -0.39 is 35.1 Å². The Morgan fingerprint density at radius 3 is 2.71 bits per heavy atom. The zero-order valence-electron chi connectivity index (χ0n) is 11.1. The Balaban J connectivity index is 2.20. The van der Waals surface area contributed by atoms with Crippen LogP contribution >= 0.6 is 0 Å². The summed E-state index contributed by atoms with van der Waals surface area (Å²) in [5, 5.41) is 5.45. The molecule has 1 heterocycles. The monoisotopic (exact) mass is 306 g/mol. The Kier molecular flexibility index (Phi) is 4.48. The molecule has 0 radical (unpaired) electrons. The molecule has 0 saturated carbocycles. The summed E-state index contributed by atoms with van der Waals surface area (Å²) in [6.07, 6.45) is -5.15. The maximum Gasteiger partial charge on any atom is 0.419 e. The van der Waals surface area contributed by atoms with Gasteiger partial charge in [-0.2, -0.15) is 13.2 Å². The smallest absolute Gasteiger partial charge is 0.378 e. The highest BCUT2D eigenvalue weighted by Gasteiger charge is 2.36. The number of benzene rings is 1. The molecule has 2 N–H and O–H groups in total. The van der Waals surface area contributed by atoms with Gasteiger partial charge in [0, 0.05) is 20.2 Å². The Morgan fingerprint density at radius 2 is 2.10 bits per heavy atom. The van der Waals surface area contributed by atoms with Crippen molar-refractivity contribution in [3.8, 4) is 0 Å². The first-order valence-corrected chi connectivity index (χ1v) is 6.24. The zero-order valence-corrected chi connectivity index (χ0v) is 11.1. The van der Waals surface area contributed by atoms with Crippen LogP contribution in [0.2, 0.25) is 0 Å². The lowest BCUT2D eigenvalue weighted by molar-refractivity contribution is -0.140. The van der Waals surface area contributed by atoms with E-state index in [9.17, 15) is 22.4 Å². The molecule has 1 fully saturated rings. The molecule has 1 aromatic carbocycles. The Hall–Kier alpha value is -1.67. The van der Waals surface area contributed by atoms with Gasteiger partial charge in [0.1, 0.15) is 5.82 Å². The second kappa shape index (κ2) is 5.98. The lowest BCUT2D eigenvalue weighted by Crippen LogP contribution is -2.43. The van der Waals surface area contributed by atoms with Crippen LogP contribution in [0, 0.1) is 5.82 Å². The first-order chi connectivity index (χ1) is 9.84. The van der Waals surface area contributed by atoms with Crippen molar-refractivity contribution in [2.24, 2.45) is 0 Å². The van der Waals surface area contributed by atoms with Crippen LogP contribution in [0.3, 0.4) is 0 Å². The molecule has 1 saturated heterocycles. The molecular formula is C13H14F4N2O2. The van der Waals surface area contributed by atoms with Gasteiger partial charge in [0.25, 0.3) is 5.91 Å². The Labute approximate surface area is 118 Å². The first-order valence-electron chi connectivity index (χ1n) is 6.24. The van der Waals surface area contributed by atoms with Crippen molar-refractivity contribution >= 4 is 5.91 Å². The molecule has 1 aromatic rings. The average Bonchev–Trinajstić information content (AvgIpc) is 2.84. The zero-order chi connectivity index (χ0) is 15.6. The summed E-state index contributed by atoms with van der Waals surface area (Å²) in [5.41, 5.74) is -2.09. The van der Waals surface area contributed by atoms with Crippen molar-refractivity contribution in [1.82, 2.24) is 10.6 Å². The second-order valence-electron chi connectivity index (χ2n) is 4.68. The van der Waals surface area contributed by atoms with E-state index in [0.29, 0.717) is 19.2 Å². The fraction of sp³-hybridized carbons (Fsp3) is 0.462. The SMILES string of the molecule is CO[C@@H]1CNC[C@H]1NC(=O)c1cccc(C(F)(F)F)c1F. The average molecular weight is 306 g/mol. The summed E-state index contributed by atoms with van der Waals surface area (Å²) in [7, 11) is 1.46. The number of hydrogen-bond donors (Lipinski definition) is 2. The highest BCUT2D eigenvalue weighted by molar-refractivity contribution is 5.95. The minimum absolute atomic E-state index is 0.303. The molecule has 1 aliphatic heterocycles. The minimum atomic E-state index is -4.84. The summed E-state index contributed by atoms with van der Waals surface area (Å²) in [4.78, 5) is 12.0. The van der Waals surface area contributed by atoms with E-state index in [1.54, 1.807) is 0 Å². The molecule has 2 atom stereocenters. The number of methoxy groups -OCH3 is 1. The van der Waals surface area contributed by atoms with Gasteiger partial charge in [-0.25, -0.2) is 4.39 Å². The van der Waals surface area contributed by atoms with Crippen LogP contribution in [0.4, 0.5) is 17.6 Å². The molecule has 1 aliphatic rings. The van der Waals surface area contributed by atoms with E-state index in [-0.39, 0.29) is 6.10 Å². The molecule has 0 unspecified atom stereocenters. The van der Waals surface area contributed by atoms with Crippen LogP contribution in [-0.4, -0.2) is 38.3 Å². The van der Waals surface area contributed by atoms with Gasteiger partial charge >= 0.3 is 6.18 Å². The van der Waals surface area contributed by atoms with E-state index in [1.807, 2.05) is 0 Å². The number of carbonyl (C=O) groups is 1. The minimum Gasteiger partial charge on any atom is -0.378 e. The number of alkyl halides is 3. The van der Waals surface area contributed by atoms with E-state index >= 15 is 0 Å². The molecule has 0 bridgehead atoms. The van der Waals surface area contributed by atoms with Gasteiger partial charge in [-0.3, -0.25) is 4.79 Å². The third-order valence-corrected chi connectivity index (χ3v) is 3.33. The van der Waals surface area contributed by atoms with E-state index in [4.69, 9.17) is 4.74 Å². The number of nitrogens with one attached hydrogen (secondary N) is 2. The van der Waals surface area contributed by atoms with Crippen molar-refractivity contribution in [2.45, 2.75) is 18.3 Å². The number of hydrogen-bond acceptors (Lipinski definition) is 3. The Morgan fingerprint density at radius 1 is 1.38 bits per heavy atom. The number of rotatable bonds is 3. The van der Waals surface area contributed by atoms with Crippen LogP contribution in [-0.2, 0) is 10.9 Å². The quantitative estimate of drug-likeness (QED) is 0.833. The fourth-order valence-corrected chi connectivity index (χ4v) is 2.22. The first kappa shape index (κ1) is 15.7. The number of carbonyl (C=O) groups excluding carboxylic acids is 1. The van der Waals surface area contributed by atoms with Crippen molar-refractivity contribution in [3.05, 3.63) is 35.1 Å². The summed E-state index contributed by atoms with van der Waals surface area (Å²) >= 11 is 0.